The van der Waals surface area contributed by atoms with Gasteiger partial charge < -0.3 is 9.47 Å². The maximum atomic E-state index is 11.6. The third-order valence-corrected chi connectivity index (χ3v) is 2.86. The smallest absolute Gasteiger partial charge is 0.330 e. The summed E-state index contributed by atoms with van der Waals surface area (Å²) in [7, 11) is 0. The highest BCUT2D eigenvalue weighted by atomic mass is 16.6. The molecule has 0 aromatic carbocycles. The fraction of sp³-hybridized carbons (Fsp3) is 0.667. The van der Waals surface area contributed by atoms with Crippen molar-refractivity contribution in [1.82, 2.24) is 9.55 Å². The Labute approximate surface area is 105 Å². The van der Waals surface area contributed by atoms with Gasteiger partial charge in [-0.25, -0.2) is 4.79 Å². The van der Waals surface area contributed by atoms with Crippen molar-refractivity contribution in [3.05, 3.63) is 33.1 Å². The summed E-state index contributed by atoms with van der Waals surface area (Å²) in [4.78, 5) is 24.8. The second-order valence-corrected chi connectivity index (χ2v) is 4.69. The maximum absolute atomic E-state index is 11.6. The van der Waals surface area contributed by atoms with Gasteiger partial charge in [-0.3, -0.25) is 14.3 Å². The highest BCUT2D eigenvalue weighted by Gasteiger charge is 2.27. The van der Waals surface area contributed by atoms with Gasteiger partial charge in [0.2, 0.25) is 0 Å². The third-order valence-electron chi connectivity index (χ3n) is 2.86. The Balaban J connectivity index is 2.00. The molecule has 0 saturated carbocycles. The predicted octanol–water partition coefficient (Wildman–Crippen LogP) is 0.639. The van der Waals surface area contributed by atoms with Crippen LogP contribution in [0.2, 0.25) is 0 Å². The average Bonchev–Trinajstić information content (AvgIpc) is 2.75. The first kappa shape index (κ1) is 13.0. The Morgan fingerprint density at radius 2 is 2.28 bits per heavy atom. The molecule has 0 unspecified atom stereocenters. The van der Waals surface area contributed by atoms with Gasteiger partial charge in [0.1, 0.15) is 6.23 Å². The lowest BCUT2D eigenvalue weighted by Crippen LogP contribution is -2.31. The van der Waals surface area contributed by atoms with E-state index < -0.39 is 11.2 Å². The van der Waals surface area contributed by atoms with Crippen LogP contribution in [0.1, 0.15) is 32.9 Å². The molecule has 0 amide bonds. The van der Waals surface area contributed by atoms with Crippen LogP contribution in [0.4, 0.5) is 0 Å². The fourth-order valence-corrected chi connectivity index (χ4v) is 1.97. The fourth-order valence-electron chi connectivity index (χ4n) is 1.97. The molecular weight excluding hydrogens is 236 g/mol. The lowest BCUT2D eigenvalue weighted by molar-refractivity contribution is -0.0552. The summed E-state index contributed by atoms with van der Waals surface area (Å²) < 4.78 is 12.6. The topological polar surface area (TPSA) is 73.3 Å². The second-order valence-electron chi connectivity index (χ2n) is 4.69. The minimum Gasteiger partial charge on any atom is -0.376 e. The van der Waals surface area contributed by atoms with Crippen LogP contribution < -0.4 is 11.2 Å². The number of H-pyrrole nitrogens is 1. The van der Waals surface area contributed by atoms with Crippen molar-refractivity contribution < 1.29 is 9.47 Å². The molecule has 2 rings (SSSR count). The minimum atomic E-state index is -0.432. The van der Waals surface area contributed by atoms with E-state index in [0.29, 0.717) is 6.61 Å². The van der Waals surface area contributed by atoms with Gasteiger partial charge in [-0.2, -0.15) is 0 Å². The SMILES string of the molecule is CC(C)OC[C@@H]1CC[C@H](n2ccc(=O)[nH]c2=O)O1. The Morgan fingerprint density at radius 3 is 2.94 bits per heavy atom. The zero-order valence-electron chi connectivity index (χ0n) is 10.6. The van der Waals surface area contributed by atoms with Gasteiger partial charge in [0.05, 0.1) is 18.8 Å². The second kappa shape index (κ2) is 5.49. The molecule has 1 aliphatic rings. The van der Waals surface area contributed by atoms with E-state index in [1.165, 1.54) is 16.8 Å². The summed E-state index contributed by atoms with van der Waals surface area (Å²) in [6.45, 7) is 4.48. The number of aromatic nitrogens is 2. The first-order valence-electron chi connectivity index (χ1n) is 6.15. The Hall–Kier alpha value is -1.40. The van der Waals surface area contributed by atoms with Gasteiger partial charge >= 0.3 is 5.69 Å². The average molecular weight is 254 g/mol. The van der Waals surface area contributed by atoms with E-state index in [9.17, 15) is 9.59 Å². The molecule has 1 saturated heterocycles. The van der Waals surface area contributed by atoms with Crippen molar-refractivity contribution in [1.29, 1.82) is 0 Å². The summed E-state index contributed by atoms with van der Waals surface area (Å²) in [5, 5.41) is 0. The van der Waals surface area contributed by atoms with E-state index in [0.717, 1.165) is 12.8 Å². The molecule has 1 N–H and O–H groups in total. The lowest BCUT2D eigenvalue weighted by atomic mass is 10.2. The number of nitrogens with zero attached hydrogens (tertiary/aromatic N) is 1. The van der Waals surface area contributed by atoms with E-state index >= 15 is 0 Å². The molecule has 18 heavy (non-hydrogen) atoms. The number of aromatic amines is 1. The van der Waals surface area contributed by atoms with Crippen LogP contribution in [0.25, 0.3) is 0 Å². The quantitative estimate of drug-likeness (QED) is 0.855. The molecule has 0 spiro atoms. The lowest BCUT2D eigenvalue weighted by Gasteiger charge is -2.16. The van der Waals surface area contributed by atoms with Crippen molar-refractivity contribution in [3.8, 4) is 0 Å². The van der Waals surface area contributed by atoms with Crippen LogP contribution in [0.15, 0.2) is 21.9 Å². The number of hydrogen-bond donors (Lipinski definition) is 1. The van der Waals surface area contributed by atoms with Crippen molar-refractivity contribution in [2.24, 2.45) is 0 Å². The Morgan fingerprint density at radius 1 is 1.50 bits per heavy atom. The van der Waals surface area contributed by atoms with Gasteiger partial charge in [-0.15, -0.1) is 0 Å². The number of ether oxygens (including phenoxy) is 2. The summed E-state index contributed by atoms with van der Waals surface area (Å²) in [6.07, 6.45) is 2.94. The largest absolute Gasteiger partial charge is 0.376 e. The maximum Gasteiger partial charge on any atom is 0.330 e. The standard InChI is InChI=1S/C12H18N2O4/c1-8(2)17-7-9-3-4-11(18-9)14-6-5-10(15)13-12(14)16/h5-6,8-9,11H,3-4,7H2,1-2H3,(H,13,15,16)/t9-,11+/m0/s1. The van der Waals surface area contributed by atoms with E-state index in [4.69, 9.17) is 9.47 Å². The zero-order valence-corrected chi connectivity index (χ0v) is 10.6. The normalized spacial score (nSPS) is 23.7. The van der Waals surface area contributed by atoms with Crippen LogP contribution >= 0.6 is 0 Å². The highest BCUT2D eigenvalue weighted by Crippen LogP contribution is 2.27. The van der Waals surface area contributed by atoms with Gasteiger partial charge in [0, 0.05) is 12.3 Å². The third kappa shape index (κ3) is 3.08. The monoisotopic (exact) mass is 254 g/mol. The van der Waals surface area contributed by atoms with E-state index in [-0.39, 0.29) is 18.4 Å². The van der Waals surface area contributed by atoms with Crippen molar-refractivity contribution >= 4 is 0 Å². The Bertz CT molecular complexity index is 505. The predicted molar refractivity (Wildman–Crippen MR) is 65.6 cm³/mol. The summed E-state index contributed by atoms with van der Waals surface area (Å²) >= 11 is 0. The molecule has 6 heteroatoms. The molecule has 0 aliphatic carbocycles. The molecule has 2 heterocycles. The van der Waals surface area contributed by atoms with Crippen LogP contribution in [0.3, 0.4) is 0 Å². The molecule has 1 fully saturated rings. The molecular formula is C12H18N2O4. The van der Waals surface area contributed by atoms with Crippen LogP contribution in [0.5, 0.6) is 0 Å². The molecule has 100 valence electrons. The number of rotatable bonds is 4. The van der Waals surface area contributed by atoms with Crippen molar-refractivity contribution in [3.63, 3.8) is 0 Å². The summed E-state index contributed by atoms with van der Waals surface area (Å²) in [5.41, 5.74) is -0.827. The highest BCUT2D eigenvalue weighted by molar-refractivity contribution is 4.85. The van der Waals surface area contributed by atoms with Gasteiger partial charge in [0.15, 0.2) is 0 Å². The van der Waals surface area contributed by atoms with E-state index in [1.807, 2.05) is 13.8 Å². The summed E-state index contributed by atoms with van der Waals surface area (Å²) in [6, 6.07) is 1.32. The first-order chi connectivity index (χ1) is 8.56. The van der Waals surface area contributed by atoms with E-state index in [2.05, 4.69) is 4.98 Å². The van der Waals surface area contributed by atoms with Gasteiger partial charge in [-0.05, 0) is 26.7 Å². The number of hydrogen-bond acceptors (Lipinski definition) is 4. The van der Waals surface area contributed by atoms with Gasteiger partial charge in [0.25, 0.3) is 5.56 Å². The zero-order chi connectivity index (χ0) is 13.1. The van der Waals surface area contributed by atoms with Crippen LogP contribution in [0, 0.1) is 0 Å². The van der Waals surface area contributed by atoms with Gasteiger partial charge in [-0.1, -0.05) is 0 Å². The molecule has 1 aromatic heterocycles. The molecule has 0 bridgehead atoms. The first-order valence-corrected chi connectivity index (χ1v) is 6.15. The molecule has 1 aliphatic heterocycles. The number of nitrogens with one attached hydrogen (secondary N) is 1. The van der Waals surface area contributed by atoms with Crippen LogP contribution in [-0.2, 0) is 9.47 Å². The summed E-state index contributed by atoms with van der Waals surface area (Å²) in [5.74, 6) is 0. The minimum absolute atomic E-state index is 0.0104. The molecule has 2 atom stereocenters. The Kier molecular flexibility index (Phi) is 3.98. The molecule has 6 nitrogen and oxygen atoms in total. The molecule has 1 aromatic rings. The van der Waals surface area contributed by atoms with Crippen molar-refractivity contribution in [2.75, 3.05) is 6.61 Å². The van der Waals surface area contributed by atoms with Crippen molar-refractivity contribution in [2.45, 2.75) is 45.1 Å². The molecule has 0 radical (unpaired) electrons. The van der Waals surface area contributed by atoms with Crippen LogP contribution in [-0.4, -0.2) is 28.4 Å². The van der Waals surface area contributed by atoms with E-state index in [1.54, 1.807) is 0 Å².